The third-order valence-corrected chi connectivity index (χ3v) is 7.28. The van der Waals surface area contributed by atoms with Gasteiger partial charge in [-0.15, -0.1) is 6.42 Å². The lowest BCUT2D eigenvalue weighted by Crippen LogP contribution is -2.32. The average Bonchev–Trinajstić information content (AvgIpc) is 2.79. The Balaban J connectivity index is 1.99. The molecule has 0 amide bonds. The Labute approximate surface area is 204 Å². The lowest BCUT2D eigenvalue weighted by Gasteiger charge is -2.24. The molecule has 0 unspecified atom stereocenters. The first-order valence-corrected chi connectivity index (χ1v) is 12.1. The normalized spacial score (nSPS) is 11.5. The van der Waals surface area contributed by atoms with Gasteiger partial charge in [0.2, 0.25) is 10.0 Å². The Bertz CT molecular complexity index is 1270. The molecular weight excluding hydrogens is 477 g/mol. The highest BCUT2D eigenvalue weighted by atomic mass is 35.5. The van der Waals surface area contributed by atoms with Crippen molar-refractivity contribution >= 4 is 33.2 Å². The quantitative estimate of drug-likeness (QED) is 0.494. The highest BCUT2D eigenvalue weighted by Crippen LogP contribution is 2.31. The second-order valence-corrected chi connectivity index (χ2v) is 10.1. The largest absolute Gasteiger partial charge is 0.369 e. The predicted molar refractivity (Wildman–Crippen MR) is 132 cm³/mol. The lowest BCUT2D eigenvalue weighted by atomic mass is 9.87. The number of hydrogen-bond acceptors (Lipinski definition) is 3. The molecule has 0 atom stereocenters. The molecule has 0 saturated carbocycles. The summed E-state index contributed by atoms with van der Waals surface area (Å²) in [6.07, 6.45) is 5.42. The van der Waals surface area contributed by atoms with Crippen LogP contribution in [0.3, 0.4) is 0 Å². The van der Waals surface area contributed by atoms with E-state index in [0.717, 1.165) is 9.87 Å². The van der Waals surface area contributed by atoms with Crippen molar-refractivity contribution in [3.63, 3.8) is 0 Å². The highest BCUT2D eigenvalue weighted by molar-refractivity contribution is 7.89. The number of sulfonamides is 1. The van der Waals surface area contributed by atoms with Gasteiger partial charge in [0.05, 0.1) is 18.0 Å². The standard InChI is InChI=1S/C26H21Cl2NO3S/c1-3-18-29(33(31,32)25-15-5-20(2)6-16-25)19-4-17-26(30,21-7-11-23(27)12-8-21)22-9-13-24(28)14-10-22/h1,5-16,30H,18-19H2,2H3. The van der Waals surface area contributed by atoms with Crippen molar-refractivity contribution < 1.29 is 13.5 Å². The molecule has 7 heteroatoms. The van der Waals surface area contributed by atoms with E-state index < -0.39 is 15.6 Å². The molecule has 0 spiro atoms. The van der Waals surface area contributed by atoms with E-state index in [1.54, 1.807) is 60.7 Å². The maximum absolute atomic E-state index is 13.1. The Kier molecular flexibility index (Phi) is 7.87. The zero-order valence-electron chi connectivity index (χ0n) is 17.8. The molecule has 3 aromatic carbocycles. The molecule has 0 fully saturated rings. The topological polar surface area (TPSA) is 57.6 Å². The SMILES string of the molecule is C#CCN(CC#CC(O)(c1ccc(Cl)cc1)c1ccc(Cl)cc1)S(=O)(=O)c1ccc(C)cc1. The number of halogens is 2. The van der Waals surface area contributed by atoms with Gasteiger partial charge in [-0.2, -0.15) is 4.31 Å². The van der Waals surface area contributed by atoms with Crippen molar-refractivity contribution in [3.8, 4) is 24.2 Å². The van der Waals surface area contributed by atoms with Crippen LogP contribution in [-0.4, -0.2) is 30.9 Å². The molecule has 168 valence electrons. The zero-order chi connectivity index (χ0) is 24.1. The number of aliphatic hydroxyl groups is 1. The minimum absolute atomic E-state index is 0.121. The van der Waals surface area contributed by atoms with Gasteiger partial charge in [-0.3, -0.25) is 0 Å². The maximum atomic E-state index is 13.1. The number of aryl methyl sites for hydroxylation is 1. The van der Waals surface area contributed by atoms with Crippen molar-refractivity contribution in [3.05, 3.63) is 99.5 Å². The molecule has 0 aliphatic carbocycles. The molecule has 3 rings (SSSR count). The van der Waals surface area contributed by atoms with Gasteiger partial charge in [-0.25, -0.2) is 8.42 Å². The monoisotopic (exact) mass is 497 g/mol. The summed E-state index contributed by atoms with van der Waals surface area (Å²) in [5.41, 5.74) is 0.177. The van der Waals surface area contributed by atoms with Gasteiger partial charge in [0.15, 0.2) is 5.60 Å². The molecule has 1 N–H and O–H groups in total. The summed E-state index contributed by atoms with van der Waals surface area (Å²) < 4.78 is 27.2. The first-order valence-electron chi connectivity index (χ1n) is 9.91. The fraction of sp³-hybridized carbons (Fsp3) is 0.154. The Morgan fingerprint density at radius 3 is 1.82 bits per heavy atom. The number of rotatable bonds is 6. The van der Waals surface area contributed by atoms with Crippen LogP contribution in [0.15, 0.2) is 77.7 Å². The van der Waals surface area contributed by atoms with E-state index >= 15 is 0 Å². The van der Waals surface area contributed by atoms with E-state index in [4.69, 9.17) is 29.6 Å². The fourth-order valence-corrected chi connectivity index (χ4v) is 4.64. The zero-order valence-corrected chi connectivity index (χ0v) is 20.1. The van der Waals surface area contributed by atoms with Gasteiger partial charge >= 0.3 is 0 Å². The van der Waals surface area contributed by atoms with Gasteiger partial charge in [0.1, 0.15) is 0 Å². The smallest absolute Gasteiger partial charge is 0.244 e. The molecule has 0 saturated heterocycles. The maximum Gasteiger partial charge on any atom is 0.244 e. The first-order chi connectivity index (χ1) is 15.7. The van der Waals surface area contributed by atoms with E-state index in [1.165, 1.54) is 12.1 Å². The van der Waals surface area contributed by atoms with Crippen LogP contribution in [0, 0.1) is 31.1 Å². The Hall–Kier alpha value is -2.77. The molecule has 33 heavy (non-hydrogen) atoms. The molecular formula is C26H21Cl2NO3S. The van der Waals surface area contributed by atoms with Gasteiger partial charge < -0.3 is 5.11 Å². The van der Waals surface area contributed by atoms with Crippen molar-refractivity contribution in [1.29, 1.82) is 0 Å². The van der Waals surface area contributed by atoms with Crippen LogP contribution in [0.2, 0.25) is 10.0 Å². The number of nitrogens with zero attached hydrogens (tertiary/aromatic N) is 1. The van der Waals surface area contributed by atoms with Crippen LogP contribution in [0.5, 0.6) is 0 Å². The molecule has 0 bridgehead atoms. The van der Waals surface area contributed by atoms with Crippen LogP contribution in [0.4, 0.5) is 0 Å². The summed E-state index contributed by atoms with van der Waals surface area (Å²) in [6, 6.07) is 19.7. The second-order valence-electron chi connectivity index (χ2n) is 7.32. The summed E-state index contributed by atoms with van der Waals surface area (Å²) in [4.78, 5) is 0.121. The Morgan fingerprint density at radius 1 is 0.879 bits per heavy atom. The van der Waals surface area contributed by atoms with E-state index in [9.17, 15) is 13.5 Å². The van der Waals surface area contributed by atoms with E-state index in [0.29, 0.717) is 21.2 Å². The van der Waals surface area contributed by atoms with Crippen molar-refractivity contribution in [2.24, 2.45) is 0 Å². The van der Waals surface area contributed by atoms with Gasteiger partial charge in [0.25, 0.3) is 0 Å². The minimum atomic E-state index is -3.87. The molecule has 0 aliphatic heterocycles. The molecule has 0 aliphatic rings. The molecule has 3 aromatic rings. The third-order valence-electron chi connectivity index (χ3n) is 4.98. The molecule has 4 nitrogen and oxygen atoms in total. The minimum Gasteiger partial charge on any atom is -0.369 e. The van der Waals surface area contributed by atoms with E-state index in [2.05, 4.69) is 17.8 Å². The van der Waals surface area contributed by atoms with Crippen LogP contribution in [0.1, 0.15) is 16.7 Å². The van der Waals surface area contributed by atoms with Gasteiger partial charge in [-0.1, -0.05) is 82.9 Å². The Morgan fingerprint density at radius 2 is 1.36 bits per heavy atom. The predicted octanol–water partition coefficient (Wildman–Crippen LogP) is 4.87. The lowest BCUT2D eigenvalue weighted by molar-refractivity contribution is 0.145. The molecule has 0 aromatic heterocycles. The van der Waals surface area contributed by atoms with Crippen molar-refractivity contribution in [2.75, 3.05) is 13.1 Å². The summed E-state index contributed by atoms with van der Waals surface area (Å²) >= 11 is 12.0. The number of hydrogen-bond donors (Lipinski definition) is 1. The van der Waals surface area contributed by atoms with Crippen LogP contribution in [0.25, 0.3) is 0 Å². The molecule has 0 heterocycles. The van der Waals surface area contributed by atoms with E-state index in [-0.39, 0.29) is 18.0 Å². The number of benzene rings is 3. The summed E-state index contributed by atoms with van der Waals surface area (Å²) in [7, 11) is -3.87. The summed E-state index contributed by atoms with van der Waals surface area (Å²) in [5.74, 6) is 8.01. The summed E-state index contributed by atoms with van der Waals surface area (Å²) in [5, 5.41) is 12.6. The number of terminal acetylenes is 1. The second kappa shape index (κ2) is 10.4. The van der Waals surface area contributed by atoms with Crippen LogP contribution < -0.4 is 0 Å². The average molecular weight is 498 g/mol. The van der Waals surface area contributed by atoms with Crippen molar-refractivity contribution in [1.82, 2.24) is 4.31 Å². The van der Waals surface area contributed by atoms with Crippen LogP contribution in [-0.2, 0) is 15.6 Å². The van der Waals surface area contributed by atoms with E-state index in [1.807, 2.05) is 6.92 Å². The third kappa shape index (κ3) is 5.78. The van der Waals surface area contributed by atoms with Crippen molar-refractivity contribution in [2.45, 2.75) is 17.4 Å². The molecule has 0 radical (unpaired) electrons. The fourth-order valence-electron chi connectivity index (χ4n) is 3.14. The summed E-state index contributed by atoms with van der Waals surface area (Å²) in [6.45, 7) is 1.50. The highest BCUT2D eigenvalue weighted by Gasteiger charge is 2.30. The van der Waals surface area contributed by atoms with Gasteiger partial charge in [-0.05, 0) is 43.3 Å². The first kappa shape index (κ1) is 24.9. The van der Waals surface area contributed by atoms with Gasteiger partial charge in [0, 0.05) is 21.2 Å². The van der Waals surface area contributed by atoms with Crippen LogP contribution >= 0.6 is 23.2 Å².